The summed E-state index contributed by atoms with van der Waals surface area (Å²) >= 11 is 0. The van der Waals surface area contributed by atoms with Crippen LogP contribution in [0.1, 0.15) is 55.6 Å². The number of amides is 1. The molecule has 34 heavy (non-hydrogen) atoms. The van der Waals surface area contributed by atoms with E-state index in [9.17, 15) is 4.79 Å². The van der Waals surface area contributed by atoms with Crippen LogP contribution in [-0.2, 0) is 23.2 Å². The molecule has 0 N–H and O–H groups in total. The van der Waals surface area contributed by atoms with Gasteiger partial charge in [-0.2, -0.15) is 0 Å². The zero-order chi connectivity index (χ0) is 23.7. The SMILES string of the molecule is CC(C)(C)c1ccc(Cn2c(C3CC(=O)N(CCc4ccccc4)C3)nc3ccccc32)cc1. The van der Waals surface area contributed by atoms with Gasteiger partial charge in [0.1, 0.15) is 5.82 Å². The van der Waals surface area contributed by atoms with Gasteiger partial charge in [-0.3, -0.25) is 4.79 Å². The van der Waals surface area contributed by atoms with Crippen molar-refractivity contribution in [1.82, 2.24) is 14.5 Å². The average Bonchev–Trinajstić information content (AvgIpc) is 3.38. The Bertz CT molecular complexity index is 1280. The van der Waals surface area contributed by atoms with Crippen molar-refractivity contribution in [2.45, 2.75) is 51.5 Å². The molecule has 0 aliphatic carbocycles. The van der Waals surface area contributed by atoms with Crippen LogP contribution in [-0.4, -0.2) is 33.4 Å². The predicted molar refractivity (Wildman–Crippen MR) is 138 cm³/mol. The van der Waals surface area contributed by atoms with Gasteiger partial charge in [0.05, 0.1) is 11.0 Å². The van der Waals surface area contributed by atoms with Gasteiger partial charge < -0.3 is 9.47 Å². The highest BCUT2D eigenvalue weighted by Gasteiger charge is 2.33. The van der Waals surface area contributed by atoms with E-state index in [1.165, 1.54) is 16.7 Å². The molecule has 5 rings (SSSR count). The Morgan fingerprint density at radius 1 is 0.882 bits per heavy atom. The zero-order valence-corrected chi connectivity index (χ0v) is 20.4. The molecule has 1 amide bonds. The zero-order valence-electron chi connectivity index (χ0n) is 20.4. The molecule has 0 spiro atoms. The minimum Gasteiger partial charge on any atom is -0.342 e. The number of carbonyl (C=O) groups excluding carboxylic acids is 1. The summed E-state index contributed by atoms with van der Waals surface area (Å²) in [6, 6.07) is 27.6. The maximum atomic E-state index is 12.9. The summed E-state index contributed by atoms with van der Waals surface area (Å²) in [6.45, 7) is 8.97. The number of fused-ring (bicyclic) bond motifs is 1. The Hall–Kier alpha value is -3.40. The lowest BCUT2D eigenvalue weighted by Crippen LogP contribution is -2.27. The summed E-state index contributed by atoms with van der Waals surface area (Å²) in [5, 5.41) is 0. The van der Waals surface area contributed by atoms with Crippen molar-refractivity contribution in [3.05, 3.63) is 101 Å². The van der Waals surface area contributed by atoms with E-state index in [0.717, 1.165) is 42.9 Å². The minimum absolute atomic E-state index is 0.115. The van der Waals surface area contributed by atoms with Gasteiger partial charge in [0.25, 0.3) is 0 Å². The first kappa shape index (κ1) is 22.4. The molecule has 1 aliphatic rings. The van der Waals surface area contributed by atoms with Crippen LogP contribution in [0.2, 0.25) is 0 Å². The van der Waals surface area contributed by atoms with E-state index in [1.807, 2.05) is 17.0 Å². The molecule has 1 aromatic heterocycles. The number of nitrogens with zero attached hydrogens (tertiary/aromatic N) is 3. The lowest BCUT2D eigenvalue weighted by atomic mass is 9.87. The monoisotopic (exact) mass is 451 g/mol. The summed E-state index contributed by atoms with van der Waals surface area (Å²) in [5.74, 6) is 1.37. The Labute approximate surface area is 202 Å². The van der Waals surface area contributed by atoms with Crippen molar-refractivity contribution < 1.29 is 4.79 Å². The molecule has 1 unspecified atom stereocenters. The fourth-order valence-electron chi connectivity index (χ4n) is 4.93. The third-order valence-corrected chi connectivity index (χ3v) is 6.94. The normalized spacial score (nSPS) is 16.5. The highest BCUT2D eigenvalue weighted by molar-refractivity contribution is 5.81. The van der Waals surface area contributed by atoms with E-state index in [4.69, 9.17) is 4.98 Å². The van der Waals surface area contributed by atoms with Crippen LogP contribution in [0, 0.1) is 0 Å². The fraction of sp³-hybridized carbons (Fsp3) is 0.333. The summed E-state index contributed by atoms with van der Waals surface area (Å²) in [6.07, 6.45) is 1.41. The number of imidazole rings is 1. The van der Waals surface area contributed by atoms with Crippen molar-refractivity contribution >= 4 is 16.9 Å². The first-order chi connectivity index (χ1) is 16.4. The van der Waals surface area contributed by atoms with E-state index < -0.39 is 0 Å². The molecule has 4 heteroatoms. The minimum atomic E-state index is 0.115. The third kappa shape index (κ3) is 4.63. The van der Waals surface area contributed by atoms with Crippen molar-refractivity contribution in [3.63, 3.8) is 0 Å². The standard InChI is InChI=1S/C30H33N3O/c1-30(2,3)25-15-13-23(14-16-25)20-33-27-12-8-7-11-26(27)31-29(33)24-19-28(34)32(21-24)18-17-22-9-5-4-6-10-22/h4-16,24H,17-21H2,1-3H3. The molecule has 4 aromatic rings. The molecule has 2 heterocycles. The average molecular weight is 452 g/mol. The number of carbonyl (C=O) groups is 1. The molecular formula is C30H33N3O. The molecule has 1 saturated heterocycles. The molecule has 3 aromatic carbocycles. The second kappa shape index (κ2) is 9.09. The van der Waals surface area contributed by atoms with Crippen LogP contribution in [0.4, 0.5) is 0 Å². The van der Waals surface area contributed by atoms with Crippen molar-refractivity contribution in [1.29, 1.82) is 0 Å². The maximum absolute atomic E-state index is 12.9. The van der Waals surface area contributed by atoms with Crippen LogP contribution < -0.4 is 0 Å². The van der Waals surface area contributed by atoms with E-state index in [1.54, 1.807) is 0 Å². The van der Waals surface area contributed by atoms with Crippen LogP contribution in [0.5, 0.6) is 0 Å². The van der Waals surface area contributed by atoms with E-state index in [0.29, 0.717) is 6.42 Å². The van der Waals surface area contributed by atoms with Crippen molar-refractivity contribution in [3.8, 4) is 0 Å². The Morgan fingerprint density at radius 3 is 2.32 bits per heavy atom. The largest absolute Gasteiger partial charge is 0.342 e. The van der Waals surface area contributed by atoms with Gasteiger partial charge in [-0.15, -0.1) is 0 Å². The number of benzene rings is 3. The van der Waals surface area contributed by atoms with Gasteiger partial charge in [-0.05, 0) is 40.7 Å². The fourth-order valence-corrected chi connectivity index (χ4v) is 4.93. The molecule has 1 aliphatic heterocycles. The second-order valence-electron chi connectivity index (χ2n) is 10.5. The van der Waals surface area contributed by atoms with Crippen molar-refractivity contribution in [2.75, 3.05) is 13.1 Å². The molecule has 4 nitrogen and oxygen atoms in total. The molecule has 0 bridgehead atoms. The second-order valence-corrected chi connectivity index (χ2v) is 10.5. The molecule has 1 fully saturated rings. The number of hydrogen-bond acceptors (Lipinski definition) is 2. The summed E-state index contributed by atoms with van der Waals surface area (Å²) in [5.41, 5.74) is 6.13. The van der Waals surface area contributed by atoms with Gasteiger partial charge in [-0.25, -0.2) is 4.98 Å². The summed E-state index contributed by atoms with van der Waals surface area (Å²) in [4.78, 5) is 19.9. The van der Waals surface area contributed by atoms with Crippen LogP contribution in [0.25, 0.3) is 11.0 Å². The number of hydrogen-bond donors (Lipinski definition) is 0. The molecule has 0 radical (unpaired) electrons. The van der Waals surface area contributed by atoms with E-state index in [2.05, 4.69) is 92.1 Å². The number of aromatic nitrogens is 2. The Morgan fingerprint density at radius 2 is 1.59 bits per heavy atom. The predicted octanol–water partition coefficient (Wildman–Crippen LogP) is 5.94. The van der Waals surface area contributed by atoms with E-state index >= 15 is 0 Å². The Kier molecular flexibility index (Phi) is 5.99. The highest BCUT2D eigenvalue weighted by Crippen LogP contribution is 2.31. The van der Waals surface area contributed by atoms with Crippen LogP contribution >= 0.6 is 0 Å². The molecule has 174 valence electrons. The van der Waals surface area contributed by atoms with Crippen LogP contribution in [0.15, 0.2) is 78.9 Å². The Balaban J connectivity index is 1.39. The maximum Gasteiger partial charge on any atom is 0.223 e. The quantitative estimate of drug-likeness (QED) is 0.364. The molecule has 0 saturated carbocycles. The van der Waals surface area contributed by atoms with Gasteiger partial charge in [0.2, 0.25) is 5.91 Å². The third-order valence-electron chi connectivity index (χ3n) is 6.94. The smallest absolute Gasteiger partial charge is 0.223 e. The van der Waals surface area contributed by atoms with E-state index in [-0.39, 0.29) is 17.2 Å². The topological polar surface area (TPSA) is 38.1 Å². The first-order valence-corrected chi connectivity index (χ1v) is 12.2. The van der Waals surface area contributed by atoms with Gasteiger partial charge in [0.15, 0.2) is 0 Å². The highest BCUT2D eigenvalue weighted by atomic mass is 16.2. The van der Waals surface area contributed by atoms with Crippen molar-refractivity contribution in [2.24, 2.45) is 0 Å². The van der Waals surface area contributed by atoms with Gasteiger partial charge in [0, 0.05) is 32.0 Å². The molecule has 1 atom stereocenters. The van der Waals surface area contributed by atoms with Crippen LogP contribution in [0.3, 0.4) is 0 Å². The summed E-state index contributed by atoms with van der Waals surface area (Å²) < 4.78 is 2.32. The lowest BCUT2D eigenvalue weighted by molar-refractivity contribution is -0.127. The van der Waals surface area contributed by atoms with Gasteiger partial charge >= 0.3 is 0 Å². The lowest BCUT2D eigenvalue weighted by Gasteiger charge is -2.20. The molecular weight excluding hydrogens is 418 g/mol. The first-order valence-electron chi connectivity index (χ1n) is 12.2. The summed E-state index contributed by atoms with van der Waals surface area (Å²) in [7, 11) is 0. The number of rotatable bonds is 6. The number of likely N-dealkylation sites (tertiary alicyclic amines) is 1. The van der Waals surface area contributed by atoms with Gasteiger partial charge in [-0.1, -0.05) is 87.5 Å². The number of para-hydroxylation sites is 2.